The van der Waals surface area contributed by atoms with Gasteiger partial charge < -0.3 is 52.6 Å². The van der Waals surface area contributed by atoms with Crippen LogP contribution in [0.5, 0.6) is 0 Å². The van der Waals surface area contributed by atoms with Crippen LogP contribution in [0.25, 0.3) is 5.65 Å². The summed E-state index contributed by atoms with van der Waals surface area (Å²) in [5.41, 5.74) is 1.95. The van der Waals surface area contributed by atoms with Crippen LogP contribution in [0.3, 0.4) is 0 Å². The monoisotopic (exact) mass is 1010 g/mol. The number of amides is 2. The second kappa shape index (κ2) is 28.5. The van der Waals surface area contributed by atoms with Gasteiger partial charge in [0.15, 0.2) is 5.65 Å². The number of aryl methyl sites for hydroxylation is 1. The number of piperidine rings is 1. The maximum Gasteiger partial charge on any atom is 0.410 e. The molecule has 19 nitrogen and oxygen atoms in total. The summed E-state index contributed by atoms with van der Waals surface area (Å²) in [7, 11) is -3.65. The number of benzene rings is 1. The summed E-state index contributed by atoms with van der Waals surface area (Å²) in [5.74, 6) is 2.87. The fourth-order valence-electron chi connectivity index (χ4n) is 7.99. The number of ether oxygens (including phenoxy) is 8. The molecule has 0 saturated carbocycles. The number of unbranched alkanes of at least 4 members (excludes halogenated alkanes) is 1. The van der Waals surface area contributed by atoms with E-state index in [0.29, 0.717) is 135 Å². The lowest BCUT2D eigenvalue weighted by Gasteiger charge is -2.35. The van der Waals surface area contributed by atoms with Crippen molar-refractivity contribution < 1.29 is 55.9 Å². The first kappa shape index (κ1) is 55.6. The second-order valence-corrected chi connectivity index (χ2v) is 20.1. The molecule has 4 heterocycles. The van der Waals surface area contributed by atoms with Gasteiger partial charge in [-0.3, -0.25) is 9.52 Å². The molecule has 0 unspecified atom stereocenters. The summed E-state index contributed by atoms with van der Waals surface area (Å²) in [6, 6.07) is 6.02. The SMILES string of the molecule is C#CCOCCOCCOCCOCCOCCOCCOCCCCN(C(=O)OC(C)(C)C)[C@H]1CCN(c2nc3cc([C@@H]4CCCCN4C(=O)c4cc(Cl)ccc4NS(C)(=O)=O)nn3cc2C)C1. The van der Waals surface area contributed by atoms with Crippen molar-refractivity contribution in [2.45, 2.75) is 83.9 Å². The van der Waals surface area contributed by atoms with Crippen LogP contribution in [0.15, 0.2) is 30.5 Å². The third-order valence-electron chi connectivity index (χ3n) is 11.1. The van der Waals surface area contributed by atoms with Crippen molar-refractivity contribution in [1.82, 2.24) is 24.4 Å². The van der Waals surface area contributed by atoms with Gasteiger partial charge in [-0.1, -0.05) is 17.5 Å². The molecule has 21 heteroatoms. The van der Waals surface area contributed by atoms with E-state index in [1.54, 1.807) is 15.5 Å². The molecule has 2 aromatic heterocycles. The molecule has 69 heavy (non-hydrogen) atoms. The fourth-order valence-corrected chi connectivity index (χ4v) is 8.74. The van der Waals surface area contributed by atoms with Crippen LogP contribution in [-0.2, 0) is 47.9 Å². The predicted octanol–water partition coefficient (Wildman–Crippen LogP) is 5.78. The van der Waals surface area contributed by atoms with Gasteiger partial charge in [0.25, 0.3) is 5.91 Å². The molecule has 384 valence electrons. The maximum atomic E-state index is 14.1. The van der Waals surface area contributed by atoms with Gasteiger partial charge in [0, 0.05) is 55.6 Å². The van der Waals surface area contributed by atoms with Gasteiger partial charge in [0.1, 0.15) is 18.0 Å². The number of nitrogens with zero attached hydrogens (tertiary/aromatic N) is 6. The highest BCUT2D eigenvalue weighted by atomic mass is 35.5. The lowest BCUT2D eigenvalue weighted by Crippen LogP contribution is -2.45. The number of fused-ring (bicyclic) bond motifs is 1. The Kier molecular flexibility index (Phi) is 23.0. The van der Waals surface area contributed by atoms with E-state index in [4.69, 9.17) is 66.0 Å². The highest BCUT2D eigenvalue weighted by molar-refractivity contribution is 7.92. The van der Waals surface area contributed by atoms with Gasteiger partial charge in [-0.05, 0) is 84.4 Å². The first-order valence-electron chi connectivity index (χ1n) is 23.8. The highest BCUT2D eigenvalue weighted by Crippen LogP contribution is 2.35. The zero-order chi connectivity index (χ0) is 49.7. The second-order valence-electron chi connectivity index (χ2n) is 17.9. The number of anilines is 2. The molecular formula is C48H72ClN7O12S. The van der Waals surface area contributed by atoms with Crippen LogP contribution in [0.4, 0.5) is 16.3 Å². The Morgan fingerprint density at radius 3 is 2.06 bits per heavy atom. The Balaban J connectivity index is 1.03. The topological polar surface area (TPSA) is 194 Å². The van der Waals surface area contributed by atoms with Crippen molar-refractivity contribution in [3.05, 3.63) is 52.3 Å². The van der Waals surface area contributed by atoms with Gasteiger partial charge in [-0.25, -0.2) is 22.7 Å². The molecule has 2 fully saturated rings. The molecule has 2 atom stereocenters. The van der Waals surface area contributed by atoms with Crippen molar-refractivity contribution in [3.63, 3.8) is 0 Å². The summed E-state index contributed by atoms with van der Waals surface area (Å²) < 4.78 is 72.9. The summed E-state index contributed by atoms with van der Waals surface area (Å²) >= 11 is 6.30. The van der Waals surface area contributed by atoms with Crippen LogP contribution >= 0.6 is 11.6 Å². The molecular weight excluding hydrogens is 934 g/mol. The average molecular weight is 1010 g/mol. The number of hydrogen-bond donors (Lipinski definition) is 1. The molecule has 0 aliphatic carbocycles. The minimum atomic E-state index is -3.65. The lowest BCUT2D eigenvalue weighted by molar-refractivity contribution is -0.0198. The van der Waals surface area contributed by atoms with Crippen LogP contribution in [0.1, 0.15) is 87.0 Å². The Bertz CT molecular complexity index is 2220. The molecule has 1 N–H and O–H groups in total. The van der Waals surface area contributed by atoms with Gasteiger partial charge in [-0.15, -0.1) is 6.42 Å². The number of halogens is 1. The highest BCUT2D eigenvalue weighted by Gasteiger charge is 2.35. The molecule has 1 aromatic carbocycles. The first-order valence-corrected chi connectivity index (χ1v) is 26.1. The third-order valence-corrected chi connectivity index (χ3v) is 11.9. The van der Waals surface area contributed by atoms with E-state index >= 15 is 0 Å². The fraction of sp³-hybridized carbons (Fsp3) is 0.667. The number of carbonyl (C=O) groups excluding carboxylic acids is 2. The molecule has 3 aromatic rings. The standard InChI is InChI=1S/C48H72ClN7O12S/c1-7-19-61-21-23-63-25-27-65-29-31-67-32-30-66-28-26-64-24-22-62-20-11-10-16-54(47(58)68-48(3,4)5)39-15-18-53(36-39)45-37(2)35-56-44(50-45)34-42(51-56)43-12-8-9-17-55(43)46(57)40-33-38(49)13-14-41(40)52-69(6,59)60/h1,13-14,33-35,39,43,52H,8-12,15-32,36H2,2-6H3/t39-,43-/m0/s1. The van der Waals surface area contributed by atoms with E-state index in [-0.39, 0.29) is 41.9 Å². The van der Waals surface area contributed by atoms with Gasteiger partial charge in [0.05, 0.1) is 115 Å². The van der Waals surface area contributed by atoms with E-state index < -0.39 is 15.6 Å². The van der Waals surface area contributed by atoms with E-state index in [1.165, 1.54) is 12.1 Å². The Labute approximate surface area is 412 Å². The largest absolute Gasteiger partial charge is 0.444 e. The summed E-state index contributed by atoms with van der Waals surface area (Å²) in [4.78, 5) is 38.6. The number of aromatic nitrogens is 3. The normalized spacial score (nSPS) is 16.5. The zero-order valence-corrected chi connectivity index (χ0v) is 42.5. The molecule has 2 aliphatic rings. The number of likely N-dealkylation sites (tertiary alicyclic amines) is 1. The summed E-state index contributed by atoms with van der Waals surface area (Å²) in [5, 5.41) is 5.22. The zero-order valence-electron chi connectivity index (χ0n) is 41.0. The minimum absolute atomic E-state index is 0.0855. The third kappa shape index (κ3) is 19.1. The molecule has 2 aliphatic heterocycles. The summed E-state index contributed by atoms with van der Waals surface area (Å²) in [6.45, 7) is 16.4. The maximum absolute atomic E-state index is 14.1. The molecule has 2 saturated heterocycles. The molecule has 0 bridgehead atoms. The van der Waals surface area contributed by atoms with E-state index in [0.717, 1.165) is 49.7 Å². The molecule has 0 radical (unpaired) electrons. The number of hydrogen-bond acceptors (Lipinski definition) is 15. The Morgan fingerprint density at radius 2 is 1.46 bits per heavy atom. The van der Waals surface area contributed by atoms with Crippen LogP contribution in [0.2, 0.25) is 5.02 Å². The smallest absolute Gasteiger partial charge is 0.410 e. The Morgan fingerprint density at radius 1 is 0.855 bits per heavy atom. The molecule has 2 amide bonds. The van der Waals surface area contributed by atoms with Crippen molar-refractivity contribution in [2.24, 2.45) is 0 Å². The molecule has 5 rings (SSSR count). The minimum Gasteiger partial charge on any atom is -0.444 e. The van der Waals surface area contributed by atoms with E-state index in [1.807, 2.05) is 44.9 Å². The number of carbonyl (C=O) groups is 2. The van der Waals surface area contributed by atoms with Gasteiger partial charge in [-0.2, -0.15) is 5.10 Å². The number of sulfonamides is 1. The number of nitrogens with one attached hydrogen (secondary N) is 1. The Hall–Kier alpha value is -4.30. The number of rotatable bonds is 30. The number of terminal acetylenes is 1. The van der Waals surface area contributed by atoms with Crippen LogP contribution < -0.4 is 9.62 Å². The van der Waals surface area contributed by atoms with E-state index in [9.17, 15) is 18.0 Å². The predicted molar refractivity (Wildman–Crippen MR) is 263 cm³/mol. The quantitative estimate of drug-likeness (QED) is 0.0624. The molecule has 0 spiro atoms. The van der Waals surface area contributed by atoms with Crippen molar-refractivity contribution in [2.75, 3.05) is 135 Å². The van der Waals surface area contributed by atoms with Crippen molar-refractivity contribution >= 4 is 50.8 Å². The van der Waals surface area contributed by atoms with Gasteiger partial charge >= 0.3 is 6.09 Å². The van der Waals surface area contributed by atoms with Crippen molar-refractivity contribution in [1.29, 1.82) is 0 Å². The van der Waals surface area contributed by atoms with Crippen LogP contribution in [0, 0.1) is 19.3 Å². The average Bonchev–Trinajstić information content (AvgIpc) is 3.95. The van der Waals surface area contributed by atoms with Crippen LogP contribution in [-0.4, -0.2) is 181 Å². The van der Waals surface area contributed by atoms with E-state index in [2.05, 4.69) is 15.5 Å². The van der Waals surface area contributed by atoms with Gasteiger partial charge in [0.2, 0.25) is 10.0 Å². The lowest BCUT2D eigenvalue weighted by atomic mass is 9.98. The first-order chi connectivity index (χ1) is 33.1. The summed E-state index contributed by atoms with van der Waals surface area (Å²) in [6.07, 6.45) is 12.4. The van der Waals surface area contributed by atoms with Crippen molar-refractivity contribution in [3.8, 4) is 12.3 Å².